The van der Waals surface area contributed by atoms with Gasteiger partial charge in [-0.25, -0.2) is 0 Å². The van der Waals surface area contributed by atoms with Gasteiger partial charge in [-0.05, 0) is 62.7 Å². The third-order valence-electron chi connectivity index (χ3n) is 2.04. The molecule has 0 amide bonds. The Hall–Kier alpha value is -0.390. The van der Waals surface area contributed by atoms with Crippen molar-refractivity contribution < 1.29 is 5.11 Å². The van der Waals surface area contributed by atoms with Gasteiger partial charge < -0.3 is 5.11 Å². The van der Waals surface area contributed by atoms with Gasteiger partial charge in [-0.15, -0.1) is 0 Å². The lowest BCUT2D eigenvalue weighted by Gasteiger charge is -2.08. The summed E-state index contributed by atoms with van der Waals surface area (Å²) in [6, 6.07) is 9.89. The van der Waals surface area contributed by atoms with Gasteiger partial charge in [0.25, 0.3) is 0 Å². The summed E-state index contributed by atoms with van der Waals surface area (Å²) >= 11 is 3.86. The molecule has 0 spiro atoms. The highest BCUT2D eigenvalue weighted by atomic mass is 127. The summed E-state index contributed by atoms with van der Waals surface area (Å²) in [5.41, 5.74) is 1.92. The maximum absolute atomic E-state index is 9.98. The van der Waals surface area contributed by atoms with E-state index < -0.39 is 6.10 Å². The fourth-order valence-electron chi connectivity index (χ4n) is 1.27. The minimum absolute atomic E-state index is 0.488. The lowest BCUT2D eigenvalue weighted by Crippen LogP contribution is -1.97. The predicted octanol–water partition coefficient (Wildman–Crippen LogP) is 3.43. The third-order valence-corrected chi connectivity index (χ3v) is 3.47. The van der Waals surface area contributed by atoms with Crippen molar-refractivity contribution in [3.63, 3.8) is 0 Å². The molecule has 0 radical (unpaired) electrons. The van der Waals surface area contributed by atoms with E-state index in [4.69, 9.17) is 0 Å². The van der Waals surface area contributed by atoms with Gasteiger partial charge in [-0.3, -0.25) is 0 Å². The summed E-state index contributed by atoms with van der Waals surface area (Å²) in [6.07, 6.45) is -0.488. The van der Waals surface area contributed by atoms with Crippen LogP contribution in [0.4, 0.5) is 0 Å². The molecule has 2 rings (SSSR count). The van der Waals surface area contributed by atoms with Gasteiger partial charge in [-0.2, -0.15) is 11.3 Å². The fourth-order valence-corrected chi connectivity index (χ4v) is 2.31. The number of aliphatic hydroxyl groups is 1. The van der Waals surface area contributed by atoms with Crippen molar-refractivity contribution in [3.8, 4) is 0 Å². The van der Waals surface area contributed by atoms with Crippen molar-refractivity contribution in [2.24, 2.45) is 0 Å². The van der Waals surface area contributed by atoms with E-state index in [0.717, 1.165) is 11.1 Å². The lowest BCUT2D eigenvalue weighted by molar-refractivity contribution is 0.221. The average Bonchev–Trinajstić information content (AvgIpc) is 2.71. The van der Waals surface area contributed by atoms with Crippen molar-refractivity contribution in [2.75, 3.05) is 0 Å². The van der Waals surface area contributed by atoms with E-state index in [1.165, 1.54) is 3.57 Å². The molecule has 0 fully saturated rings. The molecule has 0 aliphatic carbocycles. The highest BCUT2D eigenvalue weighted by Crippen LogP contribution is 2.24. The van der Waals surface area contributed by atoms with Crippen LogP contribution in [-0.4, -0.2) is 5.11 Å². The first-order chi connectivity index (χ1) is 6.77. The quantitative estimate of drug-likeness (QED) is 0.842. The van der Waals surface area contributed by atoms with Gasteiger partial charge >= 0.3 is 0 Å². The minimum Gasteiger partial charge on any atom is -0.384 e. The molecule has 14 heavy (non-hydrogen) atoms. The summed E-state index contributed by atoms with van der Waals surface area (Å²) in [4.78, 5) is 0. The van der Waals surface area contributed by atoms with Gasteiger partial charge in [0.1, 0.15) is 6.10 Å². The average molecular weight is 316 g/mol. The van der Waals surface area contributed by atoms with E-state index in [9.17, 15) is 5.11 Å². The van der Waals surface area contributed by atoms with Crippen LogP contribution in [0.5, 0.6) is 0 Å². The number of hydrogen-bond donors (Lipinski definition) is 1. The maximum atomic E-state index is 9.98. The van der Waals surface area contributed by atoms with E-state index in [0.29, 0.717) is 0 Å². The number of aliphatic hydroxyl groups excluding tert-OH is 1. The summed E-state index contributed by atoms with van der Waals surface area (Å²) in [6.45, 7) is 0. The zero-order valence-electron chi connectivity index (χ0n) is 7.35. The molecule has 0 bridgehead atoms. The molecule has 1 heterocycles. The predicted molar refractivity (Wildman–Crippen MR) is 67.5 cm³/mol. The topological polar surface area (TPSA) is 20.2 Å². The first-order valence-corrected chi connectivity index (χ1v) is 6.25. The first-order valence-electron chi connectivity index (χ1n) is 4.23. The highest BCUT2D eigenvalue weighted by Gasteiger charge is 2.09. The van der Waals surface area contributed by atoms with E-state index in [1.807, 2.05) is 41.1 Å². The smallest absolute Gasteiger partial charge is 0.105 e. The molecule has 0 aliphatic heterocycles. The zero-order valence-corrected chi connectivity index (χ0v) is 10.3. The number of hydrogen-bond acceptors (Lipinski definition) is 2. The Morgan fingerprint density at radius 2 is 1.79 bits per heavy atom. The van der Waals surface area contributed by atoms with E-state index >= 15 is 0 Å². The van der Waals surface area contributed by atoms with E-state index in [1.54, 1.807) is 11.3 Å². The van der Waals surface area contributed by atoms with Crippen LogP contribution in [0.1, 0.15) is 17.2 Å². The van der Waals surface area contributed by atoms with Crippen LogP contribution in [0.2, 0.25) is 0 Å². The molecule has 0 aliphatic rings. The van der Waals surface area contributed by atoms with Gasteiger partial charge in [-0.1, -0.05) is 12.1 Å². The van der Waals surface area contributed by atoms with Crippen molar-refractivity contribution in [1.29, 1.82) is 0 Å². The SMILES string of the molecule is OC(c1ccc(I)cc1)c1ccsc1. The standard InChI is InChI=1S/C11H9IOS/c12-10-3-1-8(2-4-10)11(13)9-5-6-14-7-9/h1-7,11,13H. The maximum Gasteiger partial charge on any atom is 0.105 e. The van der Waals surface area contributed by atoms with Crippen LogP contribution in [-0.2, 0) is 0 Å². The largest absolute Gasteiger partial charge is 0.384 e. The Labute approximate surface area is 101 Å². The van der Waals surface area contributed by atoms with Crippen molar-refractivity contribution in [3.05, 3.63) is 55.8 Å². The van der Waals surface area contributed by atoms with Crippen LogP contribution in [0.25, 0.3) is 0 Å². The lowest BCUT2D eigenvalue weighted by atomic mass is 10.1. The molecule has 0 saturated heterocycles. The molecule has 72 valence electrons. The monoisotopic (exact) mass is 316 g/mol. The van der Waals surface area contributed by atoms with Crippen LogP contribution < -0.4 is 0 Å². The summed E-state index contributed by atoms with van der Waals surface area (Å²) in [5, 5.41) is 13.9. The minimum atomic E-state index is -0.488. The summed E-state index contributed by atoms with van der Waals surface area (Å²) in [7, 11) is 0. The number of thiophene rings is 1. The molecule has 1 aromatic heterocycles. The molecule has 0 saturated carbocycles. The van der Waals surface area contributed by atoms with Gasteiger partial charge in [0.05, 0.1) is 0 Å². The Bertz CT molecular complexity index is 394. The third kappa shape index (κ3) is 2.16. The second-order valence-electron chi connectivity index (χ2n) is 3.01. The molecule has 2 aromatic rings. The Kier molecular flexibility index (Phi) is 3.20. The second-order valence-corrected chi connectivity index (χ2v) is 5.04. The highest BCUT2D eigenvalue weighted by molar-refractivity contribution is 14.1. The van der Waals surface area contributed by atoms with Crippen molar-refractivity contribution in [2.45, 2.75) is 6.10 Å². The normalized spacial score (nSPS) is 12.7. The van der Waals surface area contributed by atoms with Crippen LogP contribution >= 0.6 is 33.9 Å². The number of halogens is 1. The van der Waals surface area contributed by atoms with Crippen molar-refractivity contribution >= 4 is 33.9 Å². The molecule has 3 heteroatoms. The van der Waals surface area contributed by atoms with Crippen LogP contribution in [0.3, 0.4) is 0 Å². The Morgan fingerprint density at radius 3 is 2.36 bits per heavy atom. The van der Waals surface area contributed by atoms with Gasteiger partial charge in [0.2, 0.25) is 0 Å². The second kappa shape index (κ2) is 4.42. The molecule has 1 atom stereocenters. The van der Waals surface area contributed by atoms with E-state index in [2.05, 4.69) is 22.6 Å². The molecule has 1 aromatic carbocycles. The summed E-state index contributed by atoms with van der Waals surface area (Å²) < 4.78 is 1.18. The molecule has 1 unspecified atom stereocenters. The molecular formula is C11H9IOS. The van der Waals surface area contributed by atoms with E-state index in [-0.39, 0.29) is 0 Å². The molecule has 1 nitrogen and oxygen atoms in total. The van der Waals surface area contributed by atoms with Gasteiger partial charge in [0.15, 0.2) is 0 Å². The summed E-state index contributed by atoms with van der Waals surface area (Å²) in [5.74, 6) is 0. The number of rotatable bonds is 2. The zero-order chi connectivity index (χ0) is 9.97. The first kappa shape index (κ1) is 10.1. The Morgan fingerprint density at radius 1 is 1.07 bits per heavy atom. The van der Waals surface area contributed by atoms with Crippen LogP contribution in [0.15, 0.2) is 41.1 Å². The number of benzene rings is 1. The fraction of sp³-hybridized carbons (Fsp3) is 0.0909. The molecular weight excluding hydrogens is 307 g/mol. The van der Waals surface area contributed by atoms with Crippen LogP contribution in [0, 0.1) is 3.57 Å². The van der Waals surface area contributed by atoms with Crippen molar-refractivity contribution in [1.82, 2.24) is 0 Å². The molecule has 1 N–H and O–H groups in total. The Balaban J connectivity index is 2.28. The van der Waals surface area contributed by atoms with Gasteiger partial charge in [0, 0.05) is 3.57 Å².